The van der Waals surface area contributed by atoms with E-state index in [1.54, 1.807) is 12.0 Å². The number of aliphatic carboxylic acids is 2. The van der Waals surface area contributed by atoms with Crippen molar-refractivity contribution in [1.82, 2.24) is 4.90 Å². The molecule has 1 unspecified atom stereocenters. The first-order valence-corrected chi connectivity index (χ1v) is 14.7. The number of benzene rings is 1. The van der Waals surface area contributed by atoms with Crippen LogP contribution in [0.5, 0.6) is 11.5 Å². The zero-order valence-corrected chi connectivity index (χ0v) is 25.7. The zero-order valence-electron chi connectivity index (χ0n) is 25.7. The summed E-state index contributed by atoms with van der Waals surface area (Å²) in [4.78, 5) is 37.9. The summed E-state index contributed by atoms with van der Waals surface area (Å²) in [6.45, 7) is 9.37. The molecule has 0 radical (unpaired) electrons. The molecule has 1 aromatic carbocycles. The SMILES string of the molecule is CCCCCc1cc(OC)c(C/C=C(\C)CCC=C(C)C)c(OC(=O)CCN2CCOCC2/C(=C/C(=O)O)C(=O)O)c1. The van der Waals surface area contributed by atoms with E-state index in [4.69, 9.17) is 19.3 Å². The Labute approximate surface area is 249 Å². The minimum Gasteiger partial charge on any atom is -0.496 e. The molecule has 0 spiro atoms. The molecule has 0 amide bonds. The third-order valence-corrected chi connectivity index (χ3v) is 7.21. The van der Waals surface area contributed by atoms with Crippen molar-refractivity contribution < 1.29 is 38.8 Å². The number of methoxy groups -OCH3 is 1. The van der Waals surface area contributed by atoms with E-state index in [1.807, 2.05) is 12.1 Å². The van der Waals surface area contributed by atoms with E-state index in [-0.39, 0.29) is 25.1 Å². The third-order valence-electron chi connectivity index (χ3n) is 7.21. The van der Waals surface area contributed by atoms with Crippen molar-refractivity contribution in [3.05, 3.63) is 58.2 Å². The first-order valence-electron chi connectivity index (χ1n) is 14.7. The molecule has 0 aliphatic carbocycles. The van der Waals surface area contributed by atoms with Gasteiger partial charge in [0.1, 0.15) is 11.5 Å². The van der Waals surface area contributed by atoms with E-state index in [0.717, 1.165) is 49.7 Å². The second-order valence-corrected chi connectivity index (χ2v) is 10.9. The van der Waals surface area contributed by atoms with Crippen LogP contribution in [0.2, 0.25) is 0 Å². The normalized spacial score (nSPS) is 16.2. The molecule has 1 aromatic rings. The van der Waals surface area contributed by atoms with Crippen molar-refractivity contribution in [2.75, 3.05) is 33.4 Å². The highest BCUT2D eigenvalue weighted by atomic mass is 16.5. The fourth-order valence-corrected chi connectivity index (χ4v) is 4.87. The molecule has 9 heteroatoms. The number of carbonyl (C=O) groups is 3. The molecule has 0 aromatic heterocycles. The Morgan fingerprint density at radius 2 is 1.81 bits per heavy atom. The largest absolute Gasteiger partial charge is 0.496 e. The summed E-state index contributed by atoms with van der Waals surface area (Å²) in [5.74, 6) is -1.99. The van der Waals surface area contributed by atoms with Gasteiger partial charge < -0.3 is 24.4 Å². The molecule has 1 saturated heterocycles. The lowest BCUT2D eigenvalue weighted by Crippen LogP contribution is -2.48. The monoisotopic (exact) mass is 585 g/mol. The van der Waals surface area contributed by atoms with Gasteiger partial charge in [-0.05, 0) is 70.6 Å². The molecule has 1 atom stereocenters. The number of hydrogen-bond acceptors (Lipinski definition) is 7. The van der Waals surface area contributed by atoms with Crippen molar-refractivity contribution in [2.45, 2.75) is 85.1 Å². The van der Waals surface area contributed by atoms with Crippen LogP contribution < -0.4 is 9.47 Å². The van der Waals surface area contributed by atoms with Crippen LogP contribution in [0.1, 0.15) is 77.3 Å². The number of carboxylic acids is 2. The lowest BCUT2D eigenvalue weighted by molar-refractivity contribution is -0.137. The minimum atomic E-state index is -1.35. The Bertz CT molecular complexity index is 1160. The molecule has 232 valence electrons. The molecule has 9 nitrogen and oxygen atoms in total. The maximum Gasteiger partial charge on any atom is 0.333 e. The van der Waals surface area contributed by atoms with Crippen molar-refractivity contribution in [2.24, 2.45) is 0 Å². The summed E-state index contributed by atoms with van der Waals surface area (Å²) >= 11 is 0. The fourth-order valence-electron chi connectivity index (χ4n) is 4.87. The van der Waals surface area contributed by atoms with Gasteiger partial charge in [-0.25, -0.2) is 9.59 Å². The number of nitrogens with zero attached hydrogens (tertiary/aromatic N) is 1. The molecule has 1 fully saturated rings. The first-order chi connectivity index (χ1) is 20.0. The number of unbranched alkanes of at least 4 members (excludes halogenated alkanes) is 2. The second kappa shape index (κ2) is 18.2. The maximum atomic E-state index is 13.1. The molecule has 2 rings (SSSR count). The number of carbonyl (C=O) groups excluding carboxylic acids is 1. The number of allylic oxidation sites excluding steroid dienone is 4. The van der Waals surface area contributed by atoms with E-state index >= 15 is 0 Å². The van der Waals surface area contributed by atoms with Crippen molar-refractivity contribution in [3.63, 3.8) is 0 Å². The van der Waals surface area contributed by atoms with Gasteiger partial charge in [-0.2, -0.15) is 0 Å². The quantitative estimate of drug-likeness (QED) is 0.0773. The first kappa shape index (κ1) is 34.8. The molecule has 1 aliphatic rings. The molecule has 0 bridgehead atoms. The number of esters is 1. The van der Waals surface area contributed by atoms with Crippen LogP contribution in [-0.4, -0.2) is 72.5 Å². The van der Waals surface area contributed by atoms with Gasteiger partial charge in [0.15, 0.2) is 0 Å². The van der Waals surface area contributed by atoms with Crippen LogP contribution in [0.25, 0.3) is 0 Å². The Morgan fingerprint density at radius 1 is 1.07 bits per heavy atom. The van der Waals surface area contributed by atoms with Crippen LogP contribution in [0.4, 0.5) is 0 Å². The number of morpholine rings is 1. The lowest BCUT2D eigenvalue weighted by atomic mass is 10.00. The molecular formula is C33H47NO8. The fraction of sp³-hybridized carbons (Fsp3) is 0.545. The predicted molar refractivity (Wildman–Crippen MR) is 162 cm³/mol. The standard InChI is InChI=1S/C33H47NO8/c1-6-7-8-12-25-19-29(40-5)26(14-13-24(4)11-9-10-23(2)3)30(20-25)42-32(37)15-16-34-17-18-41-22-28(34)27(33(38)39)21-31(35)36/h10,13,19-21,28H,6-9,11-12,14-18,22H2,1-5H3,(H,35,36)(H,38,39)/b24-13+,27-21-. The topological polar surface area (TPSA) is 123 Å². The minimum absolute atomic E-state index is 0.00411. The maximum absolute atomic E-state index is 13.1. The highest BCUT2D eigenvalue weighted by Crippen LogP contribution is 2.33. The van der Waals surface area contributed by atoms with Gasteiger partial charge in [0.2, 0.25) is 0 Å². The van der Waals surface area contributed by atoms with Gasteiger partial charge in [-0.3, -0.25) is 9.69 Å². The number of aryl methyl sites for hydroxylation is 1. The summed E-state index contributed by atoms with van der Waals surface area (Å²) in [5.41, 5.74) is 4.08. The average molecular weight is 586 g/mol. The Kier molecular flexibility index (Phi) is 15.1. The highest BCUT2D eigenvalue weighted by molar-refractivity contribution is 5.95. The summed E-state index contributed by atoms with van der Waals surface area (Å²) < 4.78 is 17.1. The predicted octanol–water partition coefficient (Wildman–Crippen LogP) is 5.76. The average Bonchev–Trinajstić information content (AvgIpc) is 2.94. The molecule has 1 aliphatic heterocycles. The summed E-state index contributed by atoms with van der Waals surface area (Å²) in [6.07, 6.45) is 11.6. The smallest absolute Gasteiger partial charge is 0.333 e. The number of rotatable bonds is 17. The van der Waals surface area contributed by atoms with Crippen LogP contribution in [0.3, 0.4) is 0 Å². The summed E-state index contributed by atoms with van der Waals surface area (Å²) in [6, 6.07) is 3.17. The van der Waals surface area contributed by atoms with E-state index < -0.39 is 23.9 Å². The van der Waals surface area contributed by atoms with E-state index in [0.29, 0.717) is 37.1 Å². The van der Waals surface area contributed by atoms with E-state index in [2.05, 4.69) is 39.8 Å². The second-order valence-electron chi connectivity index (χ2n) is 10.9. The molecule has 1 heterocycles. The van der Waals surface area contributed by atoms with E-state index in [9.17, 15) is 19.5 Å². The lowest BCUT2D eigenvalue weighted by Gasteiger charge is -2.35. The number of hydrogen-bond donors (Lipinski definition) is 2. The molecule has 2 N–H and O–H groups in total. The van der Waals surface area contributed by atoms with Crippen LogP contribution >= 0.6 is 0 Å². The van der Waals surface area contributed by atoms with Gasteiger partial charge in [0, 0.05) is 24.7 Å². The van der Waals surface area contributed by atoms with Gasteiger partial charge in [-0.1, -0.05) is 43.1 Å². The molecular weight excluding hydrogens is 538 g/mol. The number of ether oxygens (including phenoxy) is 3. The van der Waals surface area contributed by atoms with Crippen LogP contribution in [0.15, 0.2) is 47.1 Å². The summed E-state index contributed by atoms with van der Waals surface area (Å²) in [7, 11) is 1.62. The van der Waals surface area contributed by atoms with Crippen LogP contribution in [-0.2, 0) is 32.0 Å². The van der Waals surface area contributed by atoms with Gasteiger partial charge >= 0.3 is 17.9 Å². The van der Waals surface area contributed by atoms with Crippen LogP contribution in [0, 0.1) is 0 Å². The third kappa shape index (κ3) is 11.8. The van der Waals surface area contributed by atoms with Crippen molar-refractivity contribution in [1.29, 1.82) is 0 Å². The van der Waals surface area contributed by atoms with Crippen molar-refractivity contribution in [3.8, 4) is 11.5 Å². The Balaban J connectivity index is 2.25. The van der Waals surface area contributed by atoms with Gasteiger partial charge in [-0.15, -0.1) is 0 Å². The Hall–Kier alpha value is -3.43. The van der Waals surface area contributed by atoms with Gasteiger partial charge in [0.25, 0.3) is 0 Å². The molecule has 0 saturated carbocycles. The molecule has 42 heavy (non-hydrogen) atoms. The number of carboxylic acid groups (broad SMARTS) is 2. The zero-order chi connectivity index (χ0) is 31.1. The van der Waals surface area contributed by atoms with E-state index in [1.165, 1.54) is 11.1 Å². The van der Waals surface area contributed by atoms with Crippen molar-refractivity contribution >= 4 is 17.9 Å². The Morgan fingerprint density at radius 3 is 2.45 bits per heavy atom. The summed E-state index contributed by atoms with van der Waals surface area (Å²) in [5, 5.41) is 18.7. The van der Waals surface area contributed by atoms with Gasteiger partial charge in [0.05, 0.1) is 38.4 Å². The highest BCUT2D eigenvalue weighted by Gasteiger charge is 2.31.